The van der Waals surface area contributed by atoms with Gasteiger partial charge in [0.15, 0.2) is 0 Å². The smallest absolute Gasteiger partial charge is 0.0219 e. The van der Waals surface area contributed by atoms with Crippen molar-refractivity contribution in [3.8, 4) is 0 Å². The van der Waals surface area contributed by atoms with Crippen LogP contribution in [0.4, 0.5) is 0 Å². The van der Waals surface area contributed by atoms with Gasteiger partial charge < -0.3 is 0 Å². The van der Waals surface area contributed by atoms with Gasteiger partial charge in [-0.25, -0.2) is 0 Å². The van der Waals surface area contributed by atoms with Crippen molar-refractivity contribution in [1.82, 2.24) is 0 Å². The lowest BCUT2D eigenvalue weighted by atomic mass is 9.65. The third-order valence-corrected chi connectivity index (χ3v) is 5.63. The highest BCUT2D eigenvalue weighted by atomic mass is 14.4. The molecule has 0 aliphatic rings. The largest absolute Gasteiger partial charge is 0.106 e. The zero-order valence-electron chi connectivity index (χ0n) is 32.1. The van der Waals surface area contributed by atoms with Gasteiger partial charge in [0.05, 0.1) is 0 Å². The first-order chi connectivity index (χ1) is 18.8. The average Bonchev–Trinajstić information content (AvgIpc) is 2.79. The summed E-state index contributed by atoms with van der Waals surface area (Å²) >= 11 is 0. The zero-order chi connectivity index (χ0) is 33.8. The van der Waals surface area contributed by atoms with E-state index in [1.54, 1.807) is 0 Å². The molecule has 0 heterocycles. The summed E-state index contributed by atoms with van der Waals surface area (Å²) in [6, 6.07) is 8.94. The fourth-order valence-corrected chi connectivity index (χ4v) is 5.23. The van der Waals surface area contributed by atoms with E-state index in [1.807, 2.05) is 13.8 Å². The second kappa shape index (κ2) is 45.8. The molecule has 46 heavy (non-hydrogen) atoms. The van der Waals surface area contributed by atoms with E-state index in [0.717, 1.165) is 23.7 Å². The van der Waals surface area contributed by atoms with E-state index >= 15 is 0 Å². The van der Waals surface area contributed by atoms with E-state index in [2.05, 4.69) is 155 Å². The SMILES string of the molecule is C.C.C.C.C.C=C.C=C(C)C.CC(C)CC(CC(C)C)(CC(C)C)CC(C)C.CC(C)c1ccc(C(C)C)cc1.CCC.CCC. The molecular formula is C46H102. The molecule has 0 fully saturated rings. The van der Waals surface area contributed by atoms with Crippen molar-refractivity contribution < 1.29 is 0 Å². The first kappa shape index (κ1) is 70.9. The predicted octanol–water partition coefficient (Wildman–Crippen LogP) is 18.5. The van der Waals surface area contributed by atoms with Gasteiger partial charge in [0.25, 0.3) is 0 Å². The van der Waals surface area contributed by atoms with Gasteiger partial charge in [-0.1, -0.05) is 191 Å². The molecule has 0 saturated carbocycles. The molecule has 0 unspecified atom stereocenters. The molecule has 0 nitrogen and oxygen atoms in total. The van der Waals surface area contributed by atoms with Crippen LogP contribution in [0, 0.1) is 29.1 Å². The van der Waals surface area contributed by atoms with E-state index in [4.69, 9.17) is 0 Å². The lowest BCUT2D eigenvalue weighted by Gasteiger charge is -2.40. The molecule has 0 radical (unpaired) electrons. The molecule has 0 aromatic heterocycles. The second-order valence-electron chi connectivity index (χ2n) is 14.5. The Morgan fingerprint density at radius 3 is 0.696 bits per heavy atom. The van der Waals surface area contributed by atoms with Gasteiger partial charge in [0.1, 0.15) is 0 Å². The van der Waals surface area contributed by atoms with Crippen LogP contribution in [-0.4, -0.2) is 0 Å². The maximum absolute atomic E-state index is 3.56. The molecule has 1 rings (SSSR count). The summed E-state index contributed by atoms with van der Waals surface area (Å²) in [5.74, 6) is 4.59. The van der Waals surface area contributed by atoms with Gasteiger partial charge in [-0.15, -0.1) is 19.7 Å². The van der Waals surface area contributed by atoms with Crippen LogP contribution in [0.2, 0.25) is 0 Å². The van der Waals surface area contributed by atoms with Crippen molar-refractivity contribution in [2.45, 2.75) is 212 Å². The maximum atomic E-state index is 3.56. The van der Waals surface area contributed by atoms with Crippen LogP contribution in [0.25, 0.3) is 0 Å². The number of hydrogen-bond donors (Lipinski definition) is 0. The lowest BCUT2D eigenvalue weighted by Crippen LogP contribution is -2.29. The minimum atomic E-state index is 0. The van der Waals surface area contributed by atoms with Gasteiger partial charge in [0, 0.05) is 0 Å². The van der Waals surface area contributed by atoms with Gasteiger partial charge in [0.2, 0.25) is 0 Å². The number of allylic oxidation sites excluding steroid dienone is 1. The molecule has 1 aromatic rings. The average molecular weight is 655 g/mol. The molecule has 1 aromatic carbocycles. The van der Waals surface area contributed by atoms with Crippen molar-refractivity contribution in [2.75, 3.05) is 0 Å². The van der Waals surface area contributed by atoms with Crippen LogP contribution in [0.3, 0.4) is 0 Å². The lowest BCUT2D eigenvalue weighted by molar-refractivity contribution is 0.111. The highest BCUT2D eigenvalue weighted by molar-refractivity contribution is 5.26. The summed E-state index contributed by atoms with van der Waals surface area (Å²) in [6.07, 6.45) is 8.12. The highest BCUT2D eigenvalue weighted by Gasteiger charge is 2.33. The molecule has 0 atom stereocenters. The Morgan fingerprint density at radius 1 is 0.478 bits per heavy atom. The summed E-state index contributed by atoms with van der Waals surface area (Å²) in [6.45, 7) is 50.0. The third-order valence-electron chi connectivity index (χ3n) is 5.63. The van der Waals surface area contributed by atoms with E-state index in [9.17, 15) is 0 Å². The van der Waals surface area contributed by atoms with Crippen LogP contribution in [-0.2, 0) is 0 Å². The van der Waals surface area contributed by atoms with Crippen LogP contribution >= 0.6 is 0 Å². The maximum Gasteiger partial charge on any atom is -0.0219 e. The van der Waals surface area contributed by atoms with Crippen molar-refractivity contribution in [3.63, 3.8) is 0 Å². The quantitative estimate of drug-likeness (QED) is 0.220. The number of rotatable bonds is 10. The molecule has 0 heteroatoms. The fourth-order valence-electron chi connectivity index (χ4n) is 5.23. The van der Waals surface area contributed by atoms with Gasteiger partial charge in [-0.2, -0.15) is 0 Å². The molecular weight excluding hydrogens is 553 g/mol. The molecule has 0 aliphatic heterocycles. The molecule has 286 valence electrons. The van der Waals surface area contributed by atoms with Crippen molar-refractivity contribution in [2.24, 2.45) is 29.1 Å². The normalized spacial score (nSPS) is 9.30. The second-order valence-corrected chi connectivity index (χ2v) is 14.5. The predicted molar refractivity (Wildman–Crippen MR) is 232 cm³/mol. The van der Waals surface area contributed by atoms with Crippen molar-refractivity contribution in [1.29, 1.82) is 0 Å². The Kier molecular flexibility index (Phi) is 70.6. The topological polar surface area (TPSA) is 0 Å². The van der Waals surface area contributed by atoms with Crippen molar-refractivity contribution >= 4 is 0 Å². The Morgan fingerprint density at radius 2 is 0.609 bits per heavy atom. The third kappa shape index (κ3) is 55.1. The summed E-state index contributed by atoms with van der Waals surface area (Å²) < 4.78 is 0. The minimum absolute atomic E-state index is 0. The summed E-state index contributed by atoms with van der Waals surface area (Å²) in [5.41, 5.74) is 4.61. The first-order valence-electron chi connectivity index (χ1n) is 17.1. The van der Waals surface area contributed by atoms with E-state index in [0.29, 0.717) is 17.3 Å². The monoisotopic (exact) mass is 655 g/mol. The first-order valence-corrected chi connectivity index (χ1v) is 17.1. The standard InChI is InChI=1S/C17H36.C12H18.C4H8.2C3H8.C2H4.5CH4/c1-13(2)9-17(10-14(3)4,11-15(5)6)12-16(7)8;1-9(2)11-5-7-12(8-6-11)10(3)4;1-4(2)3;2*1-3-2;1-2;;;;;/h13-16H,9-12H2,1-8H3;5-10H,1-4H3;1H2,2-3H3;2*3H2,1-2H3;1-2H2;5*1H4. The van der Waals surface area contributed by atoms with Crippen LogP contribution in [0.5, 0.6) is 0 Å². The molecule has 0 N–H and O–H groups in total. The Balaban J connectivity index is -0.0000000491. The highest BCUT2D eigenvalue weighted by Crippen LogP contribution is 2.44. The summed E-state index contributed by atoms with van der Waals surface area (Å²) in [4.78, 5) is 0. The zero-order valence-corrected chi connectivity index (χ0v) is 32.1. The molecule has 0 saturated heterocycles. The minimum Gasteiger partial charge on any atom is -0.106 e. The van der Waals surface area contributed by atoms with Crippen molar-refractivity contribution in [3.05, 3.63) is 60.7 Å². The Hall–Kier alpha value is -1.30. The van der Waals surface area contributed by atoms with E-state index in [1.165, 1.54) is 55.2 Å². The Bertz CT molecular complexity index is 561. The van der Waals surface area contributed by atoms with Crippen LogP contribution in [0.1, 0.15) is 223 Å². The Labute approximate surface area is 301 Å². The fraction of sp³-hybridized carbons (Fsp3) is 0.783. The number of benzene rings is 1. The van der Waals surface area contributed by atoms with Gasteiger partial charge >= 0.3 is 0 Å². The van der Waals surface area contributed by atoms with Gasteiger partial charge in [-0.3, -0.25) is 0 Å². The molecule has 0 spiro atoms. The van der Waals surface area contributed by atoms with Gasteiger partial charge in [-0.05, 0) is 91.6 Å². The number of hydrogen-bond acceptors (Lipinski definition) is 0. The summed E-state index contributed by atoms with van der Waals surface area (Å²) in [5, 5.41) is 0. The van der Waals surface area contributed by atoms with Crippen LogP contribution in [0.15, 0.2) is 49.6 Å². The summed E-state index contributed by atoms with van der Waals surface area (Å²) in [7, 11) is 0. The van der Waals surface area contributed by atoms with Crippen LogP contribution < -0.4 is 0 Å². The molecule has 0 aliphatic carbocycles. The van der Waals surface area contributed by atoms with E-state index < -0.39 is 0 Å². The molecule has 0 amide bonds. The molecule has 0 bridgehead atoms. The van der Waals surface area contributed by atoms with E-state index in [-0.39, 0.29) is 37.1 Å².